The van der Waals surface area contributed by atoms with Crippen LogP contribution in [0.1, 0.15) is 18.1 Å². The van der Waals surface area contributed by atoms with Crippen LogP contribution in [0.4, 0.5) is 4.39 Å². The van der Waals surface area contributed by atoms with Gasteiger partial charge in [-0.1, -0.05) is 25.1 Å². The summed E-state index contributed by atoms with van der Waals surface area (Å²) < 4.78 is 19.4. The minimum atomic E-state index is -0.383. The molecule has 2 rings (SSSR count). The Hall–Kier alpha value is -1.91. The van der Waals surface area contributed by atoms with E-state index in [0.717, 1.165) is 17.7 Å². The topological polar surface area (TPSA) is 41.5 Å². The lowest BCUT2D eigenvalue weighted by atomic mass is 10.2. The minimum Gasteiger partial charge on any atom is -0.454 e. The van der Waals surface area contributed by atoms with E-state index in [1.165, 1.54) is 6.07 Å². The SMILES string of the molecule is CCNCc1ccc(Oc2ccc(CO)cc2)c(F)c1. The Morgan fingerprint density at radius 1 is 1.10 bits per heavy atom. The van der Waals surface area contributed by atoms with E-state index in [9.17, 15) is 4.39 Å². The molecule has 0 spiro atoms. The van der Waals surface area contributed by atoms with Crippen molar-refractivity contribution in [3.63, 3.8) is 0 Å². The molecule has 0 aliphatic carbocycles. The lowest BCUT2D eigenvalue weighted by Gasteiger charge is -2.09. The molecule has 0 aliphatic heterocycles. The molecule has 0 radical (unpaired) electrons. The zero-order valence-corrected chi connectivity index (χ0v) is 11.4. The molecule has 106 valence electrons. The molecule has 0 bridgehead atoms. The van der Waals surface area contributed by atoms with Crippen molar-refractivity contribution in [2.45, 2.75) is 20.1 Å². The molecular weight excluding hydrogens is 257 g/mol. The van der Waals surface area contributed by atoms with Crippen molar-refractivity contribution in [1.29, 1.82) is 0 Å². The summed E-state index contributed by atoms with van der Waals surface area (Å²) in [5, 5.41) is 12.1. The monoisotopic (exact) mass is 275 g/mol. The Morgan fingerprint density at radius 2 is 1.80 bits per heavy atom. The fraction of sp³-hybridized carbons (Fsp3) is 0.250. The van der Waals surface area contributed by atoms with Crippen molar-refractivity contribution in [3.05, 3.63) is 59.4 Å². The smallest absolute Gasteiger partial charge is 0.166 e. The van der Waals surface area contributed by atoms with Crippen molar-refractivity contribution in [3.8, 4) is 11.5 Å². The van der Waals surface area contributed by atoms with Crippen molar-refractivity contribution in [2.24, 2.45) is 0 Å². The standard InChI is InChI=1S/C16H18FNO2/c1-2-18-10-13-5-8-16(15(17)9-13)20-14-6-3-12(11-19)4-7-14/h3-9,18-19H,2,10-11H2,1H3. The summed E-state index contributed by atoms with van der Waals surface area (Å²) in [5.74, 6) is 0.356. The predicted molar refractivity (Wildman–Crippen MR) is 76.2 cm³/mol. The molecule has 2 aromatic carbocycles. The summed E-state index contributed by atoms with van der Waals surface area (Å²) in [6.45, 7) is 3.47. The lowest BCUT2D eigenvalue weighted by Crippen LogP contribution is -2.11. The highest BCUT2D eigenvalue weighted by Gasteiger charge is 2.06. The number of halogens is 1. The summed E-state index contributed by atoms with van der Waals surface area (Å²) in [5.41, 5.74) is 1.67. The van der Waals surface area contributed by atoms with Gasteiger partial charge in [0.05, 0.1) is 6.61 Å². The Kier molecular flexibility index (Phi) is 5.09. The number of aliphatic hydroxyl groups excluding tert-OH is 1. The fourth-order valence-corrected chi connectivity index (χ4v) is 1.80. The van der Waals surface area contributed by atoms with Gasteiger partial charge in [-0.25, -0.2) is 4.39 Å². The number of rotatable bonds is 6. The first-order chi connectivity index (χ1) is 9.72. The van der Waals surface area contributed by atoms with Crippen LogP contribution in [0.2, 0.25) is 0 Å². The molecule has 0 amide bonds. The zero-order valence-electron chi connectivity index (χ0n) is 11.4. The van der Waals surface area contributed by atoms with Crippen LogP contribution in [-0.4, -0.2) is 11.7 Å². The molecule has 0 saturated heterocycles. The first-order valence-corrected chi connectivity index (χ1v) is 6.59. The predicted octanol–water partition coefficient (Wildman–Crippen LogP) is 3.22. The van der Waals surface area contributed by atoms with E-state index in [1.54, 1.807) is 30.3 Å². The van der Waals surface area contributed by atoms with E-state index < -0.39 is 0 Å². The van der Waals surface area contributed by atoms with Gasteiger partial charge in [0.2, 0.25) is 0 Å². The second-order valence-electron chi connectivity index (χ2n) is 4.45. The van der Waals surface area contributed by atoms with Crippen LogP contribution >= 0.6 is 0 Å². The van der Waals surface area contributed by atoms with Gasteiger partial charge in [-0.3, -0.25) is 0 Å². The maximum Gasteiger partial charge on any atom is 0.166 e. The maximum absolute atomic E-state index is 13.9. The normalized spacial score (nSPS) is 10.6. The van der Waals surface area contributed by atoms with Crippen molar-refractivity contribution < 1.29 is 14.2 Å². The average Bonchev–Trinajstić information content (AvgIpc) is 2.48. The molecule has 0 aromatic heterocycles. The van der Waals surface area contributed by atoms with Crippen LogP contribution in [0.5, 0.6) is 11.5 Å². The quantitative estimate of drug-likeness (QED) is 0.850. The second kappa shape index (κ2) is 7.03. The lowest BCUT2D eigenvalue weighted by molar-refractivity contribution is 0.281. The minimum absolute atomic E-state index is 0.0201. The maximum atomic E-state index is 13.9. The largest absolute Gasteiger partial charge is 0.454 e. The van der Waals surface area contributed by atoms with Gasteiger partial charge in [-0.05, 0) is 41.9 Å². The molecule has 2 N–H and O–H groups in total. The molecule has 0 aliphatic rings. The van der Waals surface area contributed by atoms with Crippen LogP contribution in [0.25, 0.3) is 0 Å². The number of ether oxygens (including phenoxy) is 1. The highest BCUT2D eigenvalue weighted by atomic mass is 19.1. The molecule has 0 heterocycles. The van der Waals surface area contributed by atoms with Crippen molar-refractivity contribution in [1.82, 2.24) is 5.32 Å². The molecule has 2 aromatic rings. The number of aliphatic hydroxyl groups is 1. The molecule has 0 saturated carbocycles. The van der Waals surface area contributed by atoms with E-state index in [4.69, 9.17) is 9.84 Å². The molecule has 0 unspecified atom stereocenters. The van der Waals surface area contributed by atoms with Gasteiger partial charge in [-0.2, -0.15) is 0 Å². The third kappa shape index (κ3) is 3.79. The van der Waals surface area contributed by atoms with E-state index in [1.807, 2.05) is 13.0 Å². The molecule has 20 heavy (non-hydrogen) atoms. The summed E-state index contributed by atoms with van der Waals surface area (Å²) in [6, 6.07) is 11.8. The molecule has 0 fully saturated rings. The van der Waals surface area contributed by atoms with E-state index in [-0.39, 0.29) is 18.2 Å². The van der Waals surface area contributed by atoms with Crippen LogP contribution in [0.3, 0.4) is 0 Å². The van der Waals surface area contributed by atoms with Crippen LogP contribution in [-0.2, 0) is 13.2 Å². The van der Waals surface area contributed by atoms with E-state index >= 15 is 0 Å². The van der Waals surface area contributed by atoms with Gasteiger partial charge in [0.15, 0.2) is 11.6 Å². The van der Waals surface area contributed by atoms with Crippen LogP contribution < -0.4 is 10.1 Å². The van der Waals surface area contributed by atoms with Crippen molar-refractivity contribution in [2.75, 3.05) is 6.54 Å². The Labute approximate surface area is 118 Å². The number of hydrogen-bond donors (Lipinski definition) is 2. The van der Waals surface area contributed by atoms with Gasteiger partial charge in [0, 0.05) is 6.54 Å². The van der Waals surface area contributed by atoms with Crippen molar-refractivity contribution >= 4 is 0 Å². The summed E-state index contributed by atoms with van der Waals surface area (Å²) in [7, 11) is 0. The number of benzene rings is 2. The van der Waals surface area contributed by atoms with Gasteiger partial charge >= 0.3 is 0 Å². The highest BCUT2D eigenvalue weighted by molar-refractivity contribution is 5.35. The fourth-order valence-electron chi connectivity index (χ4n) is 1.80. The molecule has 0 atom stereocenters. The summed E-state index contributed by atoms with van der Waals surface area (Å²) in [4.78, 5) is 0. The number of nitrogens with one attached hydrogen (secondary N) is 1. The third-order valence-corrected chi connectivity index (χ3v) is 2.91. The van der Waals surface area contributed by atoms with Gasteiger partial charge in [0.25, 0.3) is 0 Å². The Balaban J connectivity index is 2.08. The zero-order chi connectivity index (χ0) is 14.4. The number of hydrogen-bond acceptors (Lipinski definition) is 3. The van der Waals surface area contributed by atoms with E-state index in [0.29, 0.717) is 12.3 Å². The van der Waals surface area contributed by atoms with Crippen LogP contribution in [0.15, 0.2) is 42.5 Å². The average molecular weight is 275 g/mol. The second-order valence-corrected chi connectivity index (χ2v) is 4.45. The van der Waals surface area contributed by atoms with Gasteiger partial charge in [0.1, 0.15) is 5.75 Å². The third-order valence-electron chi connectivity index (χ3n) is 2.91. The van der Waals surface area contributed by atoms with Crippen LogP contribution in [0, 0.1) is 5.82 Å². The van der Waals surface area contributed by atoms with Gasteiger partial charge in [-0.15, -0.1) is 0 Å². The molecule has 3 nitrogen and oxygen atoms in total. The summed E-state index contributed by atoms with van der Waals surface area (Å²) in [6.07, 6.45) is 0. The first-order valence-electron chi connectivity index (χ1n) is 6.59. The molecular formula is C16H18FNO2. The highest BCUT2D eigenvalue weighted by Crippen LogP contribution is 2.25. The Morgan fingerprint density at radius 3 is 2.40 bits per heavy atom. The first kappa shape index (κ1) is 14.5. The van der Waals surface area contributed by atoms with Gasteiger partial charge < -0.3 is 15.2 Å². The Bertz CT molecular complexity index is 555. The molecule has 4 heteroatoms. The van der Waals surface area contributed by atoms with E-state index in [2.05, 4.69) is 5.32 Å². The summed E-state index contributed by atoms with van der Waals surface area (Å²) >= 11 is 0.